The number of rotatable bonds is 1. The van der Waals surface area contributed by atoms with Gasteiger partial charge in [0.15, 0.2) is 5.82 Å². The van der Waals surface area contributed by atoms with Crippen LogP contribution in [-0.2, 0) is 23.9 Å². The number of ether oxygens (including phenoxy) is 1. The van der Waals surface area contributed by atoms with Gasteiger partial charge in [0.1, 0.15) is 5.15 Å². The predicted molar refractivity (Wildman–Crippen MR) is 70.8 cm³/mol. The number of aromatic nitrogens is 2. The molecule has 110 valence electrons. The first kappa shape index (κ1) is 14.3. The van der Waals surface area contributed by atoms with E-state index in [1.54, 1.807) is 0 Å². The SMILES string of the molecule is FC(F)(F)c1ccccc1-c1nc(Cl)c2c(n1)CCOC2. The van der Waals surface area contributed by atoms with Gasteiger partial charge in [0.05, 0.1) is 24.5 Å². The van der Waals surface area contributed by atoms with Crippen molar-refractivity contribution in [2.45, 2.75) is 19.2 Å². The second-order valence-corrected chi connectivity index (χ2v) is 4.97. The molecule has 1 aromatic heterocycles. The molecule has 0 aliphatic carbocycles. The molecule has 1 aromatic carbocycles. The molecule has 0 spiro atoms. The van der Waals surface area contributed by atoms with E-state index in [-0.39, 0.29) is 23.1 Å². The molecule has 0 N–H and O–H groups in total. The molecule has 21 heavy (non-hydrogen) atoms. The normalized spacial score (nSPS) is 14.9. The summed E-state index contributed by atoms with van der Waals surface area (Å²) in [5, 5.41) is 0.145. The van der Waals surface area contributed by atoms with Gasteiger partial charge in [-0.3, -0.25) is 0 Å². The topological polar surface area (TPSA) is 35.0 Å². The Kier molecular flexibility index (Phi) is 3.59. The van der Waals surface area contributed by atoms with E-state index in [4.69, 9.17) is 16.3 Å². The Morgan fingerprint density at radius 1 is 1.14 bits per heavy atom. The monoisotopic (exact) mass is 314 g/mol. The lowest BCUT2D eigenvalue weighted by Crippen LogP contribution is -2.15. The lowest BCUT2D eigenvalue weighted by Gasteiger charge is -2.18. The molecule has 7 heteroatoms. The average Bonchev–Trinajstić information content (AvgIpc) is 2.46. The van der Waals surface area contributed by atoms with Crippen molar-refractivity contribution in [3.63, 3.8) is 0 Å². The summed E-state index contributed by atoms with van der Waals surface area (Å²) < 4.78 is 44.5. The van der Waals surface area contributed by atoms with E-state index in [0.29, 0.717) is 24.3 Å². The molecule has 1 aliphatic heterocycles. The summed E-state index contributed by atoms with van der Waals surface area (Å²) in [6.45, 7) is 0.760. The van der Waals surface area contributed by atoms with Crippen molar-refractivity contribution in [3.05, 3.63) is 46.2 Å². The van der Waals surface area contributed by atoms with E-state index in [2.05, 4.69) is 9.97 Å². The second kappa shape index (κ2) is 5.27. The lowest BCUT2D eigenvalue weighted by atomic mass is 10.1. The zero-order chi connectivity index (χ0) is 15.0. The van der Waals surface area contributed by atoms with Crippen molar-refractivity contribution < 1.29 is 17.9 Å². The van der Waals surface area contributed by atoms with Crippen LogP contribution in [0.15, 0.2) is 24.3 Å². The van der Waals surface area contributed by atoms with Crippen molar-refractivity contribution >= 4 is 11.6 Å². The molecular formula is C14H10ClF3N2O. The highest BCUT2D eigenvalue weighted by molar-refractivity contribution is 6.30. The minimum atomic E-state index is -4.47. The fourth-order valence-corrected chi connectivity index (χ4v) is 2.48. The highest BCUT2D eigenvalue weighted by Gasteiger charge is 2.34. The summed E-state index contributed by atoms with van der Waals surface area (Å²) in [5.74, 6) is -0.00595. The Hall–Kier alpha value is -1.66. The Bertz CT molecular complexity index is 688. The predicted octanol–water partition coefficient (Wildman–Crippen LogP) is 3.89. The van der Waals surface area contributed by atoms with Crippen LogP contribution >= 0.6 is 11.6 Å². The van der Waals surface area contributed by atoms with Crippen LogP contribution in [0.4, 0.5) is 13.2 Å². The van der Waals surface area contributed by atoms with Crippen molar-refractivity contribution in [1.82, 2.24) is 9.97 Å². The van der Waals surface area contributed by atoms with Gasteiger partial charge < -0.3 is 4.74 Å². The lowest BCUT2D eigenvalue weighted by molar-refractivity contribution is -0.137. The third kappa shape index (κ3) is 2.73. The van der Waals surface area contributed by atoms with E-state index >= 15 is 0 Å². The average molecular weight is 315 g/mol. The number of hydrogen-bond acceptors (Lipinski definition) is 3. The molecule has 0 amide bonds. The summed E-state index contributed by atoms with van der Waals surface area (Å²) in [5.41, 5.74) is 0.457. The van der Waals surface area contributed by atoms with Gasteiger partial charge in [-0.25, -0.2) is 9.97 Å². The van der Waals surface area contributed by atoms with Gasteiger partial charge in [0, 0.05) is 17.5 Å². The van der Waals surface area contributed by atoms with Crippen molar-refractivity contribution in [1.29, 1.82) is 0 Å². The summed E-state index contributed by atoms with van der Waals surface area (Å²) in [6, 6.07) is 5.21. The van der Waals surface area contributed by atoms with Crippen LogP contribution in [0.2, 0.25) is 5.15 Å². The van der Waals surface area contributed by atoms with Crippen LogP contribution in [0.5, 0.6) is 0 Å². The Labute approximate surface area is 123 Å². The molecule has 0 saturated heterocycles. The van der Waals surface area contributed by atoms with Gasteiger partial charge >= 0.3 is 6.18 Å². The van der Waals surface area contributed by atoms with Crippen molar-refractivity contribution in [2.75, 3.05) is 6.61 Å². The van der Waals surface area contributed by atoms with E-state index < -0.39 is 11.7 Å². The molecule has 1 aliphatic rings. The first-order chi connectivity index (χ1) is 9.97. The Morgan fingerprint density at radius 3 is 2.67 bits per heavy atom. The number of nitrogens with zero attached hydrogens (tertiary/aromatic N) is 2. The first-order valence-corrected chi connectivity index (χ1v) is 6.64. The fraction of sp³-hybridized carbons (Fsp3) is 0.286. The molecule has 0 fully saturated rings. The summed E-state index contributed by atoms with van der Waals surface area (Å²) >= 11 is 6.05. The summed E-state index contributed by atoms with van der Waals surface area (Å²) in [6.07, 6.45) is -3.95. The molecule has 3 nitrogen and oxygen atoms in total. The maximum atomic E-state index is 13.1. The maximum absolute atomic E-state index is 13.1. The summed E-state index contributed by atoms with van der Waals surface area (Å²) in [4.78, 5) is 8.25. The highest BCUT2D eigenvalue weighted by Crippen LogP contribution is 2.36. The molecule has 2 aromatic rings. The first-order valence-electron chi connectivity index (χ1n) is 6.26. The van der Waals surface area contributed by atoms with Crippen molar-refractivity contribution in [2.24, 2.45) is 0 Å². The number of alkyl halides is 3. The van der Waals surface area contributed by atoms with Gasteiger partial charge in [-0.1, -0.05) is 29.8 Å². The Morgan fingerprint density at radius 2 is 1.90 bits per heavy atom. The molecule has 0 unspecified atom stereocenters. The van der Waals surface area contributed by atoms with Gasteiger partial charge in [0.25, 0.3) is 0 Å². The molecule has 2 heterocycles. The van der Waals surface area contributed by atoms with Crippen LogP contribution < -0.4 is 0 Å². The third-order valence-electron chi connectivity index (χ3n) is 3.25. The number of benzene rings is 1. The van der Waals surface area contributed by atoms with Crippen LogP contribution in [0.25, 0.3) is 11.4 Å². The molecule has 0 bridgehead atoms. The fourth-order valence-electron chi connectivity index (χ4n) is 2.24. The molecular weight excluding hydrogens is 305 g/mol. The van der Waals surface area contributed by atoms with Gasteiger partial charge in [-0.15, -0.1) is 0 Å². The minimum Gasteiger partial charge on any atom is -0.376 e. The highest BCUT2D eigenvalue weighted by atomic mass is 35.5. The van der Waals surface area contributed by atoms with Gasteiger partial charge in [0.2, 0.25) is 0 Å². The van der Waals surface area contributed by atoms with Gasteiger partial charge in [-0.05, 0) is 6.07 Å². The molecule has 3 rings (SSSR count). The van der Waals surface area contributed by atoms with Crippen LogP contribution in [-0.4, -0.2) is 16.6 Å². The number of halogens is 4. The van der Waals surface area contributed by atoms with Gasteiger partial charge in [-0.2, -0.15) is 13.2 Å². The molecule has 0 atom stereocenters. The zero-order valence-electron chi connectivity index (χ0n) is 10.7. The maximum Gasteiger partial charge on any atom is 0.417 e. The van der Waals surface area contributed by atoms with Crippen LogP contribution in [0, 0.1) is 0 Å². The minimum absolute atomic E-state index is 0.00595. The zero-order valence-corrected chi connectivity index (χ0v) is 11.5. The van der Waals surface area contributed by atoms with Crippen LogP contribution in [0.1, 0.15) is 16.8 Å². The molecule has 0 radical (unpaired) electrons. The standard InChI is InChI=1S/C14H10ClF3N2O/c15-12-9-7-21-6-5-11(9)19-13(20-12)8-3-1-2-4-10(8)14(16,17)18/h1-4H,5-7H2. The molecule has 0 saturated carbocycles. The summed E-state index contributed by atoms with van der Waals surface area (Å²) in [7, 11) is 0. The van der Waals surface area contributed by atoms with Crippen molar-refractivity contribution in [3.8, 4) is 11.4 Å². The largest absolute Gasteiger partial charge is 0.417 e. The van der Waals surface area contributed by atoms with E-state index in [0.717, 1.165) is 6.07 Å². The van der Waals surface area contributed by atoms with E-state index in [1.807, 2.05) is 0 Å². The van der Waals surface area contributed by atoms with Crippen LogP contribution in [0.3, 0.4) is 0 Å². The number of hydrogen-bond donors (Lipinski definition) is 0. The second-order valence-electron chi connectivity index (χ2n) is 4.61. The smallest absolute Gasteiger partial charge is 0.376 e. The number of fused-ring (bicyclic) bond motifs is 1. The van der Waals surface area contributed by atoms with E-state index in [9.17, 15) is 13.2 Å². The Balaban J connectivity index is 2.16. The quantitative estimate of drug-likeness (QED) is 0.749. The van der Waals surface area contributed by atoms with E-state index in [1.165, 1.54) is 18.2 Å². The third-order valence-corrected chi connectivity index (χ3v) is 3.56.